The third-order valence-electron chi connectivity index (χ3n) is 16.2. The third kappa shape index (κ3) is 8.43. The van der Waals surface area contributed by atoms with Gasteiger partial charge in [-0.25, -0.2) is 9.80 Å². The minimum atomic E-state index is -0.493. The molecule has 4 aliphatic rings. The minimum Gasteiger partial charge on any atom is -0.455 e. The van der Waals surface area contributed by atoms with Gasteiger partial charge in [0.15, 0.2) is 11.5 Å². The lowest BCUT2D eigenvalue weighted by atomic mass is 9.90. The highest BCUT2D eigenvalue weighted by molar-refractivity contribution is 6.37. The van der Waals surface area contributed by atoms with E-state index in [1.165, 1.54) is 22.6 Å². The fourth-order valence-corrected chi connectivity index (χ4v) is 12.4. The number of nitrogens with zero attached hydrogens (tertiary/aromatic N) is 3. The maximum Gasteiger partial charge on any atom is 0.284 e. The molecule has 1 aromatic heterocycles. The Balaban J connectivity index is 0.872. The molecule has 0 saturated heterocycles. The van der Waals surface area contributed by atoms with Crippen LogP contribution in [-0.4, -0.2) is 28.6 Å². The molecule has 9 heteroatoms. The zero-order valence-corrected chi connectivity index (χ0v) is 43.5. The second kappa shape index (κ2) is 20.0. The summed E-state index contributed by atoms with van der Waals surface area (Å²) < 4.78 is 13.3. The first-order valence-electron chi connectivity index (χ1n) is 27.4. The number of imide groups is 2. The van der Waals surface area contributed by atoms with E-state index in [1.807, 2.05) is 146 Å². The van der Waals surface area contributed by atoms with E-state index < -0.39 is 17.7 Å². The van der Waals surface area contributed by atoms with Crippen LogP contribution in [0.2, 0.25) is 0 Å². The van der Waals surface area contributed by atoms with E-state index in [1.54, 1.807) is 30.5 Å². The molecular weight excluding hydrogens is 991 g/mol. The van der Waals surface area contributed by atoms with Gasteiger partial charge in [0, 0.05) is 44.4 Å². The SMILES string of the molecule is O=C1c2cccc3c(Oc4ccccc4)c(C#Cc4ccc(C#Cc5cc6c7c(nccc7c5Oc5ccccc5)C(=O)N(c5cccc(C7CCCC7)c5)C6=O)c5ccccc45)cc(c23)C(=O)N1c1cccc(C2CCCC2)c1. The summed E-state index contributed by atoms with van der Waals surface area (Å²) in [6, 6.07) is 56.9. The molecule has 2 fully saturated rings. The molecule has 0 bridgehead atoms. The number of carbonyl (C=O) groups excluding carboxylic acids is 4. The largest absolute Gasteiger partial charge is 0.455 e. The second-order valence-electron chi connectivity index (χ2n) is 21.0. The van der Waals surface area contributed by atoms with Crippen molar-refractivity contribution in [3.05, 3.63) is 244 Å². The summed E-state index contributed by atoms with van der Waals surface area (Å²) in [5.74, 6) is 14.7. The molecule has 10 aromatic rings. The lowest BCUT2D eigenvalue weighted by molar-refractivity contribution is 0.0876. The lowest BCUT2D eigenvalue weighted by Gasteiger charge is -2.29. The molecule has 9 nitrogen and oxygen atoms in total. The van der Waals surface area contributed by atoms with Crippen LogP contribution in [0, 0.1) is 23.7 Å². The molecule has 0 radical (unpaired) electrons. The molecule has 0 spiro atoms. The highest BCUT2D eigenvalue weighted by atomic mass is 16.5. The first-order chi connectivity index (χ1) is 39.3. The Hall–Kier alpha value is -10.1. The highest BCUT2D eigenvalue weighted by Gasteiger charge is 2.39. The van der Waals surface area contributed by atoms with Crippen LogP contribution in [-0.2, 0) is 0 Å². The molecule has 80 heavy (non-hydrogen) atoms. The van der Waals surface area contributed by atoms with E-state index in [4.69, 9.17) is 9.47 Å². The summed E-state index contributed by atoms with van der Waals surface area (Å²) in [7, 11) is 0. The number of fused-ring (bicyclic) bond motifs is 1. The van der Waals surface area contributed by atoms with Crippen molar-refractivity contribution < 1.29 is 28.7 Å². The van der Waals surface area contributed by atoms with Gasteiger partial charge in [-0.2, -0.15) is 0 Å². The van der Waals surface area contributed by atoms with Gasteiger partial charge in [0.25, 0.3) is 23.6 Å². The van der Waals surface area contributed by atoms with Crippen LogP contribution in [0.4, 0.5) is 11.4 Å². The van der Waals surface area contributed by atoms with Gasteiger partial charge in [-0.05, 0) is 144 Å². The number of aromatic nitrogens is 1. The van der Waals surface area contributed by atoms with E-state index in [9.17, 15) is 19.2 Å². The molecule has 2 saturated carbocycles. The van der Waals surface area contributed by atoms with Crippen molar-refractivity contribution in [2.24, 2.45) is 0 Å². The summed E-state index contributed by atoms with van der Waals surface area (Å²) in [5, 5.41) is 3.77. The van der Waals surface area contributed by atoms with E-state index in [-0.39, 0.29) is 11.6 Å². The number of ether oxygens (including phenoxy) is 2. The van der Waals surface area contributed by atoms with Crippen LogP contribution >= 0.6 is 0 Å². The fraction of sp³-hybridized carbons (Fsp3) is 0.141. The summed E-state index contributed by atoms with van der Waals surface area (Å²) in [5.41, 5.74) is 6.91. The van der Waals surface area contributed by atoms with Crippen LogP contribution < -0.4 is 19.3 Å². The number of hydrogen-bond acceptors (Lipinski definition) is 7. The van der Waals surface area contributed by atoms with Crippen molar-refractivity contribution in [1.82, 2.24) is 4.98 Å². The van der Waals surface area contributed by atoms with Crippen molar-refractivity contribution in [3.8, 4) is 46.7 Å². The molecule has 0 atom stereocenters. The van der Waals surface area contributed by atoms with Gasteiger partial charge in [0.05, 0.1) is 33.6 Å². The predicted molar refractivity (Wildman–Crippen MR) is 312 cm³/mol. The molecule has 14 rings (SSSR count). The number of benzene rings is 9. The minimum absolute atomic E-state index is 0.166. The van der Waals surface area contributed by atoms with Crippen LogP contribution in [0.5, 0.6) is 23.0 Å². The van der Waals surface area contributed by atoms with Gasteiger partial charge >= 0.3 is 0 Å². The number of para-hydroxylation sites is 2. The standard InChI is InChI=1S/C71H49N3O6/c75-68-60-31-15-30-58-63(60)61(69(76)73(68)52-22-13-20-48(40-52)44-16-7-8-17-44)42-50(66(58)79-54-24-3-1-4-25-54)36-34-46-32-33-47(57-29-12-11-28-56(46)57)35-37-51-43-62-64-59(67(51)80-55-26-5-2-6-27-55)38-39-72-65(64)71(78)74(70(62)77)53-23-14-21-49(41-53)45-18-9-10-19-45/h1-6,11-15,20-33,38-45H,7-10,16-19H2. The molecule has 384 valence electrons. The molecule has 3 heterocycles. The maximum atomic E-state index is 14.9. The first kappa shape index (κ1) is 48.3. The fourth-order valence-electron chi connectivity index (χ4n) is 12.4. The summed E-state index contributed by atoms with van der Waals surface area (Å²) in [6.45, 7) is 0. The van der Waals surface area contributed by atoms with Crippen molar-refractivity contribution in [2.45, 2.75) is 63.2 Å². The average molecular weight is 1040 g/mol. The Kier molecular flexibility index (Phi) is 12.1. The number of pyridine rings is 1. The van der Waals surface area contributed by atoms with E-state index >= 15 is 0 Å². The summed E-state index contributed by atoms with van der Waals surface area (Å²) in [6.07, 6.45) is 10.6. The predicted octanol–water partition coefficient (Wildman–Crippen LogP) is 15.8. The van der Waals surface area contributed by atoms with Crippen molar-refractivity contribution in [1.29, 1.82) is 0 Å². The van der Waals surface area contributed by atoms with E-state index in [0.717, 1.165) is 60.4 Å². The first-order valence-corrected chi connectivity index (χ1v) is 27.4. The summed E-state index contributed by atoms with van der Waals surface area (Å²) in [4.78, 5) is 65.8. The van der Waals surface area contributed by atoms with Gasteiger partial charge in [0.1, 0.15) is 17.2 Å². The monoisotopic (exact) mass is 1040 g/mol. The molecule has 0 N–H and O–H groups in total. The van der Waals surface area contributed by atoms with Crippen molar-refractivity contribution in [3.63, 3.8) is 0 Å². The molecule has 9 aromatic carbocycles. The average Bonchev–Trinajstić information content (AvgIpc) is 4.35. The topological polar surface area (TPSA) is 106 Å². The number of carbonyl (C=O) groups is 4. The van der Waals surface area contributed by atoms with E-state index in [0.29, 0.717) is 107 Å². The van der Waals surface area contributed by atoms with E-state index in [2.05, 4.69) is 40.8 Å². The molecule has 2 aliphatic heterocycles. The van der Waals surface area contributed by atoms with Crippen molar-refractivity contribution in [2.75, 3.05) is 9.80 Å². The zero-order valence-electron chi connectivity index (χ0n) is 43.5. The Bertz CT molecular complexity index is 4100. The van der Waals surface area contributed by atoms with Gasteiger partial charge in [-0.1, -0.05) is 146 Å². The maximum absolute atomic E-state index is 14.9. The number of anilines is 2. The molecular formula is C71H49N3O6. The molecule has 4 amide bonds. The zero-order chi connectivity index (χ0) is 53.8. The lowest BCUT2D eigenvalue weighted by Crippen LogP contribution is -2.41. The van der Waals surface area contributed by atoms with Crippen molar-refractivity contribution >= 4 is 67.3 Å². The smallest absolute Gasteiger partial charge is 0.284 e. The van der Waals surface area contributed by atoms with Gasteiger partial charge in [-0.3, -0.25) is 24.2 Å². The van der Waals surface area contributed by atoms with Crippen LogP contribution in [0.25, 0.3) is 32.3 Å². The summed E-state index contributed by atoms with van der Waals surface area (Å²) >= 11 is 0. The Labute approximate surface area is 462 Å². The quantitative estimate of drug-likeness (QED) is 0.110. The van der Waals surface area contributed by atoms with Crippen LogP contribution in [0.3, 0.4) is 0 Å². The second-order valence-corrected chi connectivity index (χ2v) is 21.0. The Morgan fingerprint density at radius 2 is 0.825 bits per heavy atom. The normalized spacial score (nSPS) is 15.1. The number of amides is 4. The number of hydrogen-bond donors (Lipinski definition) is 0. The highest BCUT2D eigenvalue weighted by Crippen LogP contribution is 2.45. The molecule has 2 aliphatic carbocycles. The number of rotatable bonds is 8. The van der Waals surface area contributed by atoms with Gasteiger partial charge < -0.3 is 9.47 Å². The van der Waals surface area contributed by atoms with Gasteiger partial charge in [-0.15, -0.1) is 0 Å². The molecule has 0 unspecified atom stereocenters. The van der Waals surface area contributed by atoms with Gasteiger partial charge in [0.2, 0.25) is 0 Å². The third-order valence-corrected chi connectivity index (χ3v) is 16.2. The van der Waals surface area contributed by atoms with Crippen LogP contribution in [0.15, 0.2) is 188 Å². The van der Waals surface area contributed by atoms with Crippen LogP contribution in [0.1, 0.15) is 138 Å². The Morgan fingerprint density at radius 3 is 1.36 bits per heavy atom. The Morgan fingerprint density at radius 1 is 0.388 bits per heavy atom.